The average molecular weight is 348 g/mol. The summed E-state index contributed by atoms with van der Waals surface area (Å²) in [6.45, 7) is 9.21. The van der Waals surface area contributed by atoms with E-state index in [0.29, 0.717) is 17.4 Å². The second kappa shape index (κ2) is 5.84. The summed E-state index contributed by atoms with van der Waals surface area (Å²) < 4.78 is 11.4. The van der Waals surface area contributed by atoms with E-state index in [-0.39, 0.29) is 5.41 Å². The van der Waals surface area contributed by atoms with Crippen LogP contribution >= 0.6 is 0 Å². The van der Waals surface area contributed by atoms with E-state index in [1.165, 1.54) is 12.2 Å². The fourth-order valence-corrected chi connectivity index (χ4v) is 4.60. The molecule has 0 N–H and O–H groups in total. The molecule has 0 amide bonds. The second-order valence-corrected chi connectivity index (χ2v) is 7.24. The fraction of sp³-hybridized carbons (Fsp3) is 0.273. The lowest BCUT2D eigenvalue weighted by atomic mass is 9.78. The molecule has 0 saturated heterocycles. The van der Waals surface area contributed by atoms with E-state index in [0.717, 1.165) is 41.2 Å². The Balaban J connectivity index is 2.07. The highest BCUT2D eigenvalue weighted by atomic mass is 16.5. The molecule has 2 aromatic rings. The fourth-order valence-electron chi connectivity index (χ4n) is 4.60. The van der Waals surface area contributed by atoms with Crippen LogP contribution in [0, 0.1) is 0 Å². The Kier molecular flexibility index (Phi) is 3.72. The predicted octanol–water partition coefficient (Wildman–Crippen LogP) is 4.56. The van der Waals surface area contributed by atoms with Gasteiger partial charge in [-0.1, -0.05) is 44.3 Å². The molecular weight excluding hydrogens is 328 g/mol. The molecule has 0 spiro atoms. The molecule has 2 unspecified atom stereocenters. The SMILES string of the molecule is C=CC(=O)Oc1c2c(c(OC(=O)C=C)c3ccccc13)C1(C)CCC2C1. The van der Waals surface area contributed by atoms with Crippen molar-refractivity contribution in [2.24, 2.45) is 0 Å². The van der Waals surface area contributed by atoms with Gasteiger partial charge in [0, 0.05) is 34.1 Å². The standard InChI is InChI=1S/C22H20O4/c1-4-16(23)25-20-14-8-6-7-9-15(14)21(26-17(24)5-2)19-18(20)13-10-11-22(19,3)12-13/h4-9,13H,1-2,10-12H2,3H3. The van der Waals surface area contributed by atoms with Crippen molar-refractivity contribution in [1.82, 2.24) is 0 Å². The van der Waals surface area contributed by atoms with Crippen molar-refractivity contribution in [2.45, 2.75) is 37.5 Å². The molecule has 4 nitrogen and oxygen atoms in total. The van der Waals surface area contributed by atoms with Gasteiger partial charge in [0.15, 0.2) is 0 Å². The molecule has 132 valence electrons. The lowest BCUT2D eigenvalue weighted by Crippen LogP contribution is -2.20. The summed E-state index contributed by atoms with van der Waals surface area (Å²) in [5.74, 6) is 0.477. The van der Waals surface area contributed by atoms with Gasteiger partial charge in [-0.25, -0.2) is 9.59 Å². The number of hydrogen-bond donors (Lipinski definition) is 0. The number of benzene rings is 2. The van der Waals surface area contributed by atoms with Crippen molar-refractivity contribution >= 4 is 22.7 Å². The average Bonchev–Trinajstić information content (AvgIpc) is 3.18. The monoisotopic (exact) mass is 348 g/mol. The number of carbonyl (C=O) groups excluding carboxylic acids is 2. The van der Waals surface area contributed by atoms with Crippen molar-refractivity contribution < 1.29 is 19.1 Å². The molecule has 1 fully saturated rings. The molecule has 2 atom stereocenters. The molecule has 2 bridgehead atoms. The second-order valence-electron chi connectivity index (χ2n) is 7.24. The first kappa shape index (κ1) is 16.6. The van der Waals surface area contributed by atoms with Gasteiger partial charge >= 0.3 is 11.9 Å². The maximum absolute atomic E-state index is 12.0. The topological polar surface area (TPSA) is 52.6 Å². The van der Waals surface area contributed by atoms with E-state index < -0.39 is 11.9 Å². The lowest BCUT2D eigenvalue weighted by Gasteiger charge is -2.29. The maximum Gasteiger partial charge on any atom is 0.335 e. The van der Waals surface area contributed by atoms with Crippen LogP contribution in [0.15, 0.2) is 49.6 Å². The Hall–Kier alpha value is -2.88. The molecular formula is C22H20O4. The van der Waals surface area contributed by atoms with Crippen LogP contribution in [0.5, 0.6) is 11.5 Å². The normalized spacial score (nSPS) is 22.7. The molecule has 0 radical (unpaired) electrons. The van der Waals surface area contributed by atoms with Crippen LogP contribution in [-0.4, -0.2) is 11.9 Å². The van der Waals surface area contributed by atoms with Crippen molar-refractivity contribution in [3.63, 3.8) is 0 Å². The van der Waals surface area contributed by atoms with E-state index in [2.05, 4.69) is 20.1 Å². The molecule has 4 rings (SSSR count). The van der Waals surface area contributed by atoms with Crippen molar-refractivity contribution in [1.29, 1.82) is 0 Å². The summed E-state index contributed by atoms with van der Waals surface area (Å²) in [4.78, 5) is 24.0. The van der Waals surface area contributed by atoms with Crippen LogP contribution in [0.3, 0.4) is 0 Å². The zero-order valence-corrected chi connectivity index (χ0v) is 14.7. The summed E-state index contributed by atoms with van der Waals surface area (Å²) in [5, 5.41) is 1.53. The molecule has 4 heteroatoms. The highest BCUT2D eigenvalue weighted by Gasteiger charge is 2.50. The molecule has 26 heavy (non-hydrogen) atoms. The molecule has 1 saturated carbocycles. The van der Waals surface area contributed by atoms with E-state index in [4.69, 9.17) is 9.47 Å². The smallest absolute Gasteiger partial charge is 0.335 e. The lowest BCUT2D eigenvalue weighted by molar-refractivity contribution is -0.130. The van der Waals surface area contributed by atoms with Gasteiger partial charge in [0.05, 0.1) is 0 Å². The summed E-state index contributed by atoms with van der Waals surface area (Å²) >= 11 is 0. The zero-order valence-electron chi connectivity index (χ0n) is 14.7. The summed E-state index contributed by atoms with van der Waals surface area (Å²) in [5.41, 5.74) is 1.91. The first-order valence-electron chi connectivity index (χ1n) is 8.76. The number of ether oxygens (including phenoxy) is 2. The minimum Gasteiger partial charge on any atom is -0.422 e. The maximum atomic E-state index is 12.0. The van der Waals surface area contributed by atoms with Gasteiger partial charge in [-0.15, -0.1) is 0 Å². The number of fused-ring (bicyclic) bond motifs is 6. The minimum absolute atomic E-state index is 0.0872. The van der Waals surface area contributed by atoms with Crippen LogP contribution in [0.25, 0.3) is 10.8 Å². The number of rotatable bonds is 4. The molecule has 0 aromatic heterocycles. The molecule has 2 aliphatic carbocycles. The van der Waals surface area contributed by atoms with E-state index >= 15 is 0 Å². The molecule has 0 aliphatic heterocycles. The summed E-state index contributed by atoms with van der Waals surface area (Å²) in [6.07, 6.45) is 5.37. The predicted molar refractivity (Wildman–Crippen MR) is 99.6 cm³/mol. The Morgan fingerprint density at radius 1 is 1.08 bits per heavy atom. The van der Waals surface area contributed by atoms with Crippen LogP contribution in [0.2, 0.25) is 0 Å². The third-order valence-corrected chi connectivity index (χ3v) is 5.65. The zero-order chi connectivity index (χ0) is 18.5. The molecule has 2 aromatic carbocycles. The van der Waals surface area contributed by atoms with E-state index in [1.54, 1.807) is 0 Å². The third kappa shape index (κ3) is 2.29. The largest absolute Gasteiger partial charge is 0.422 e. The Morgan fingerprint density at radius 3 is 2.27 bits per heavy atom. The van der Waals surface area contributed by atoms with Gasteiger partial charge in [0.1, 0.15) is 11.5 Å². The first-order chi connectivity index (χ1) is 12.5. The Bertz CT molecular complexity index is 972. The highest BCUT2D eigenvalue weighted by Crippen LogP contribution is 2.63. The van der Waals surface area contributed by atoms with E-state index in [1.807, 2.05) is 24.3 Å². The van der Waals surface area contributed by atoms with Crippen LogP contribution < -0.4 is 9.47 Å². The van der Waals surface area contributed by atoms with Gasteiger partial charge in [-0.05, 0) is 30.6 Å². The highest BCUT2D eigenvalue weighted by molar-refractivity contribution is 6.01. The van der Waals surface area contributed by atoms with Crippen molar-refractivity contribution in [3.05, 3.63) is 60.7 Å². The van der Waals surface area contributed by atoms with Gasteiger partial charge in [-0.2, -0.15) is 0 Å². The summed E-state index contributed by atoms with van der Waals surface area (Å²) in [6, 6.07) is 7.55. The number of hydrogen-bond acceptors (Lipinski definition) is 4. The van der Waals surface area contributed by atoms with Gasteiger partial charge in [0.25, 0.3) is 0 Å². The quantitative estimate of drug-likeness (QED) is 0.462. The Morgan fingerprint density at radius 2 is 1.65 bits per heavy atom. The van der Waals surface area contributed by atoms with Crippen molar-refractivity contribution in [2.75, 3.05) is 0 Å². The van der Waals surface area contributed by atoms with Crippen LogP contribution in [0.4, 0.5) is 0 Å². The number of esters is 2. The van der Waals surface area contributed by atoms with Crippen molar-refractivity contribution in [3.8, 4) is 11.5 Å². The first-order valence-corrected chi connectivity index (χ1v) is 8.76. The third-order valence-electron chi connectivity index (χ3n) is 5.65. The van der Waals surface area contributed by atoms with Crippen LogP contribution in [-0.2, 0) is 15.0 Å². The minimum atomic E-state index is -0.487. The molecule has 0 heterocycles. The van der Waals surface area contributed by atoms with Gasteiger partial charge in [-0.3, -0.25) is 0 Å². The summed E-state index contributed by atoms with van der Waals surface area (Å²) in [7, 11) is 0. The molecule has 2 aliphatic rings. The van der Waals surface area contributed by atoms with Crippen LogP contribution in [0.1, 0.15) is 43.2 Å². The Labute approximate surface area is 152 Å². The van der Waals surface area contributed by atoms with Gasteiger partial charge in [0.2, 0.25) is 0 Å². The number of carbonyl (C=O) groups is 2. The van der Waals surface area contributed by atoms with Gasteiger partial charge < -0.3 is 9.47 Å². The van der Waals surface area contributed by atoms with E-state index in [9.17, 15) is 9.59 Å².